The predicted octanol–water partition coefficient (Wildman–Crippen LogP) is 1.02. The van der Waals surface area contributed by atoms with Crippen molar-refractivity contribution in [1.29, 1.82) is 0 Å². The normalized spacial score (nSPS) is 18.1. The van der Waals surface area contributed by atoms with Gasteiger partial charge in [-0.1, -0.05) is 26.2 Å². The van der Waals surface area contributed by atoms with Crippen molar-refractivity contribution in [2.45, 2.75) is 51.5 Å². The molecule has 0 saturated heterocycles. The molecule has 0 bridgehead atoms. The highest BCUT2D eigenvalue weighted by Gasteiger charge is 2.19. The molecule has 1 rings (SSSR count). The summed E-state index contributed by atoms with van der Waals surface area (Å²) in [5.41, 5.74) is 2.18. The molecule has 4 heteroatoms. The Morgan fingerprint density at radius 3 is 2.60 bits per heavy atom. The van der Waals surface area contributed by atoms with E-state index in [1.54, 1.807) is 0 Å². The van der Waals surface area contributed by atoms with Crippen LogP contribution in [0.3, 0.4) is 0 Å². The largest absolute Gasteiger partial charge is 0.300 e. The molecule has 1 aliphatic carbocycles. The summed E-state index contributed by atoms with van der Waals surface area (Å²) >= 11 is 0. The molecule has 0 aromatic carbocycles. The first-order valence-electron chi connectivity index (χ1n) is 6.01. The van der Waals surface area contributed by atoms with Crippen LogP contribution >= 0.6 is 0 Å². The third-order valence-corrected chi connectivity index (χ3v) is 3.28. The van der Waals surface area contributed by atoms with Crippen molar-refractivity contribution >= 4 is 5.91 Å². The molecule has 0 atom stereocenters. The van der Waals surface area contributed by atoms with Crippen molar-refractivity contribution in [2.75, 3.05) is 13.1 Å². The fourth-order valence-electron chi connectivity index (χ4n) is 2.36. The number of nitrogens with zero attached hydrogens (tertiary/aromatic N) is 1. The molecular weight excluding hydrogens is 190 g/mol. The number of amides is 1. The van der Waals surface area contributed by atoms with Crippen LogP contribution in [0.25, 0.3) is 0 Å². The zero-order chi connectivity index (χ0) is 11.1. The summed E-state index contributed by atoms with van der Waals surface area (Å²) in [6.07, 6.45) is 7.14. The van der Waals surface area contributed by atoms with Crippen molar-refractivity contribution < 1.29 is 4.79 Å². The molecule has 0 unspecified atom stereocenters. The number of nitrogens with two attached hydrogens (primary N) is 1. The molecule has 0 aliphatic heterocycles. The first kappa shape index (κ1) is 12.5. The van der Waals surface area contributed by atoms with E-state index in [4.69, 9.17) is 5.84 Å². The van der Waals surface area contributed by atoms with Crippen LogP contribution in [0.4, 0.5) is 0 Å². The third kappa shape index (κ3) is 4.18. The van der Waals surface area contributed by atoms with Crippen LogP contribution in [-0.2, 0) is 4.79 Å². The van der Waals surface area contributed by atoms with Crippen molar-refractivity contribution in [2.24, 2.45) is 5.84 Å². The van der Waals surface area contributed by atoms with Gasteiger partial charge in [0, 0.05) is 19.0 Å². The second-order valence-electron chi connectivity index (χ2n) is 4.24. The molecule has 0 radical (unpaired) electrons. The number of hydrogen-bond acceptors (Lipinski definition) is 3. The van der Waals surface area contributed by atoms with E-state index >= 15 is 0 Å². The quantitative estimate of drug-likeness (QED) is 0.407. The van der Waals surface area contributed by atoms with Crippen LogP contribution < -0.4 is 11.3 Å². The molecule has 3 N–H and O–H groups in total. The van der Waals surface area contributed by atoms with Gasteiger partial charge in [0.1, 0.15) is 0 Å². The molecule has 4 nitrogen and oxygen atoms in total. The van der Waals surface area contributed by atoms with E-state index in [9.17, 15) is 4.79 Å². The fraction of sp³-hybridized carbons (Fsp3) is 0.909. The molecular formula is C11H23N3O. The maximum atomic E-state index is 11.1. The lowest BCUT2D eigenvalue weighted by atomic mass is 9.94. The summed E-state index contributed by atoms with van der Waals surface area (Å²) < 4.78 is 0. The SMILES string of the molecule is CCN(CCC(=O)NN)C1CCCCC1. The minimum atomic E-state index is -0.0655. The highest BCUT2D eigenvalue weighted by molar-refractivity contribution is 5.75. The molecule has 0 spiro atoms. The van der Waals surface area contributed by atoms with Crippen LogP contribution in [0.1, 0.15) is 45.4 Å². The standard InChI is InChI=1S/C11H23N3O/c1-2-14(9-8-11(15)13-12)10-6-4-3-5-7-10/h10H,2-9,12H2,1H3,(H,13,15). The molecule has 0 aromatic heterocycles. The molecule has 1 aliphatic rings. The van der Waals surface area contributed by atoms with Crippen LogP contribution in [0.5, 0.6) is 0 Å². The van der Waals surface area contributed by atoms with Gasteiger partial charge in [-0.05, 0) is 19.4 Å². The van der Waals surface area contributed by atoms with E-state index in [1.807, 2.05) is 0 Å². The number of nitrogens with one attached hydrogen (secondary N) is 1. The van der Waals surface area contributed by atoms with E-state index in [2.05, 4.69) is 17.2 Å². The average Bonchev–Trinajstić information content (AvgIpc) is 2.31. The number of hydrogen-bond donors (Lipinski definition) is 2. The third-order valence-electron chi connectivity index (χ3n) is 3.28. The zero-order valence-electron chi connectivity index (χ0n) is 9.67. The summed E-state index contributed by atoms with van der Waals surface area (Å²) in [6.45, 7) is 4.03. The Kier molecular flexibility index (Phi) is 5.65. The maximum absolute atomic E-state index is 11.1. The molecule has 0 heterocycles. The molecule has 88 valence electrons. The summed E-state index contributed by atoms with van der Waals surface area (Å²) in [4.78, 5) is 13.5. The molecule has 1 amide bonds. The lowest BCUT2D eigenvalue weighted by Crippen LogP contribution is -2.40. The van der Waals surface area contributed by atoms with Gasteiger partial charge < -0.3 is 4.90 Å². The van der Waals surface area contributed by atoms with E-state index in [0.29, 0.717) is 12.5 Å². The van der Waals surface area contributed by atoms with Crippen molar-refractivity contribution in [1.82, 2.24) is 10.3 Å². The molecule has 1 saturated carbocycles. The number of carbonyl (C=O) groups is 1. The summed E-state index contributed by atoms with van der Waals surface area (Å²) in [5.74, 6) is 4.99. The van der Waals surface area contributed by atoms with Crippen LogP contribution in [0, 0.1) is 0 Å². The number of rotatable bonds is 5. The Morgan fingerprint density at radius 2 is 2.07 bits per heavy atom. The van der Waals surface area contributed by atoms with E-state index in [1.165, 1.54) is 32.1 Å². The van der Waals surface area contributed by atoms with Gasteiger partial charge in [0.15, 0.2) is 0 Å². The Balaban J connectivity index is 2.30. The Labute approximate surface area is 92.2 Å². The smallest absolute Gasteiger partial charge is 0.235 e. The molecule has 15 heavy (non-hydrogen) atoms. The predicted molar refractivity (Wildman–Crippen MR) is 61.1 cm³/mol. The van der Waals surface area contributed by atoms with Crippen molar-refractivity contribution in [3.05, 3.63) is 0 Å². The minimum Gasteiger partial charge on any atom is -0.300 e. The van der Waals surface area contributed by atoms with Gasteiger partial charge in [0.25, 0.3) is 0 Å². The second kappa shape index (κ2) is 6.80. The highest BCUT2D eigenvalue weighted by Crippen LogP contribution is 2.22. The lowest BCUT2D eigenvalue weighted by molar-refractivity contribution is -0.121. The van der Waals surface area contributed by atoms with Gasteiger partial charge >= 0.3 is 0 Å². The lowest BCUT2D eigenvalue weighted by Gasteiger charge is -2.33. The minimum absolute atomic E-state index is 0.0655. The molecule has 1 fully saturated rings. The Bertz CT molecular complexity index is 190. The summed E-state index contributed by atoms with van der Waals surface area (Å²) in [5, 5.41) is 0. The highest BCUT2D eigenvalue weighted by atomic mass is 16.2. The molecule has 0 aromatic rings. The number of carbonyl (C=O) groups excluding carboxylic acids is 1. The second-order valence-corrected chi connectivity index (χ2v) is 4.24. The van der Waals surface area contributed by atoms with E-state index in [0.717, 1.165) is 13.1 Å². The van der Waals surface area contributed by atoms with E-state index in [-0.39, 0.29) is 5.91 Å². The average molecular weight is 213 g/mol. The van der Waals surface area contributed by atoms with Crippen molar-refractivity contribution in [3.8, 4) is 0 Å². The first-order chi connectivity index (χ1) is 7.27. The van der Waals surface area contributed by atoms with Gasteiger partial charge in [-0.2, -0.15) is 0 Å². The van der Waals surface area contributed by atoms with Crippen LogP contribution in [0.2, 0.25) is 0 Å². The van der Waals surface area contributed by atoms with Crippen LogP contribution in [0.15, 0.2) is 0 Å². The summed E-state index contributed by atoms with van der Waals surface area (Å²) in [7, 11) is 0. The van der Waals surface area contributed by atoms with Gasteiger partial charge in [0.2, 0.25) is 5.91 Å². The van der Waals surface area contributed by atoms with Crippen molar-refractivity contribution in [3.63, 3.8) is 0 Å². The monoisotopic (exact) mass is 213 g/mol. The van der Waals surface area contributed by atoms with Crippen LogP contribution in [-0.4, -0.2) is 29.9 Å². The topological polar surface area (TPSA) is 58.4 Å². The van der Waals surface area contributed by atoms with Gasteiger partial charge in [-0.15, -0.1) is 0 Å². The van der Waals surface area contributed by atoms with Gasteiger partial charge in [-0.3, -0.25) is 10.2 Å². The van der Waals surface area contributed by atoms with Gasteiger partial charge in [0.05, 0.1) is 0 Å². The first-order valence-corrected chi connectivity index (χ1v) is 6.01. The van der Waals surface area contributed by atoms with Gasteiger partial charge in [-0.25, -0.2) is 5.84 Å². The zero-order valence-corrected chi connectivity index (χ0v) is 9.67. The van der Waals surface area contributed by atoms with E-state index < -0.39 is 0 Å². The number of hydrazine groups is 1. The fourth-order valence-corrected chi connectivity index (χ4v) is 2.36. The Morgan fingerprint density at radius 1 is 1.40 bits per heavy atom. The Hall–Kier alpha value is -0.610. The maximum Gasteiger partial charge on any atom is 0.235 e. The summed E-state index contributed by atoms with van der Waals surface area (Å²) in [6, 6.07) is 0.689.